The number of hydrogen-bond donors (Lipinski definition) is 1. The van der Waals surface area contributed by atoms with E-state index in [1.165, 1.54) is 12.0 Å². The van der Waals surface area contributed by atoms with Crippen molar-refractivity contribution in [3.63, 3.8) is 0 Å². The van der Waals surface area contributed by atoms with Crippen molar-refractivity contribution in [1.29, 1.82) is 0 Å². The summed E-state index contributed by atoms with van der Waals surface area (Å²) in [5.74, 6) is 0.0184. The van der Waals surface area contributed by atoms with Crippen molar-refractivity contribution in [3.05, 3.63) is 59.2 Å². The molecule has 0 aromatic heterocycles. The Bertz CT molecular complexity index is 1100. The molecule has 3 heterocycles. The SMILES string of the molecule is COc1cccc(C(O)=C2C(=O)C(=O)N(C[C@H]3CCCO3)[C@@H]2c2ccc3c(c2)OCO3)c1. The van der Waals surface area contributed by atoms with Gasteiger partial charge in [0.2, 0.25) is 6.79 Å². The number of rotatable bonds is 5. The summed E-state index contributed by atoms with van der Waals surface area (Å²) in [5, 5.41) is 11.2. The number of Topliss-reactive ketones (excluding diaryl/α,β-unsaturated/α-hetero) is 1. The van der Waals surface area contributed by atoms with Crippen molar-refractivity contribution in [3.8, 4) is 17.2 Å². The minimum Gasteiger partial charge on any atom is -0.507 e. The van der Waals surface area contributed by atoms with E-state index in [-0.39, 0.29) is 30.8 Å². The summed E-state index contributed by atoms with van der Waals surface area (Å²) in [6.07, 6.45) is 1.57. The van der Waals surface area contributed by atoms with Crippen molar-refractivity contribution >= 4 is 17.4 Å². The van der Waals surface area contributed by atoms with Gasteiger partial charge in [-0.05, 0) is 42.7 Å². The lowest BCUT2D eigenvalue weighted by Crippen LogP contribution is -2.36. The van der Waals surface area contributed by atoms with Gasteiger partial charge in [-0.3, -0.25) is 9.59 Å². The Labute approximate surface area is 184 Å². The molecule has 3 aliphatic rings. The number of benzene rings is 2. The highest BCUT2D eigenvalue weighted by atomic mass is 16.7. The number of amides is 1. The van der Waals surface area contributed by atoms with Crippen LogP contribution in [0.15, 0.2) is 48.0 Å². The van der Waals surface area contributed by atoms with Gasteiger partial charge in [0.1, 0.15) is 11.5 Å². The van der Waals surface area contributed by atoms with Crippen LogP contribution in [0.3, 0.4) is 0 Å². The normalized spacial score (nSPS) is 23.7. The maximum atomic E-state index is 13.1. The maximum Gasteiger partial charge on any atom is 0.295 e. The van der Waals surface area contributed by atoms with Crippen LogP contribution in [0.2, 0.25) is 0 Å². The number of carbonyl (C=O) groups is 2. The maximum absolute atomic E-state index is 13.1. The first-order valence-electron chi connectivity index (χ1n) is 10.5. The van der Waals surface area contributed by atoms with Crippen LogP contribution in [-0.4, -0.2) is 54.9 Å². The van der Waals surface area contributed by atoms with Crippen LogP contribution in [0.5, 0.6) is 17.2 Å². The van der Waals surface area contributed by atoms with Gasteiger partial charge in [0.15, 0.2) is 11.5 Å². The second kappa shape index (κ2) is 8.20. The van der Waals surface area contributed by atoms with Crippen LogP contribution >= 0.6 is 0 Å². The van der Waals surface area contributed by atoms with E-state index in [0.29, 0.717) is 35.0 Å². The predicted octanol–water partition coefficient (Wildman–Crippen LogP) is 3.02. The molecule has 0 bridgehead atoms. The average Bonchev–Trinajstić information content (AvgIpc) is 3.55. The molecule has 0 unspecified atom stereocenters. The van der Waals surface area contributed by atoms with Crippen molar-refractivity contribution in [1.82, 2.24) is 4.90 Å². The molecule has 2 aromatic rings. The summed E-state index contributed by atoms with van der Waals surface area (Å²) >= 11 is 0. The number of fused-ring (bicyclic) bond motifs is 1. The number of hydrogen-bond acceptors (Lipinski definition) is 7. The second-order valence-corrected chi connectivity index (χ2v) is 7.93. The van der Waals surface area contributed by atoms with E-state index >= 15 is 0 Å². The standard InChI is InChI=1S/C24H23NO7/c1-29-16-5-2-4-15(10-16)22(26)20-21(14-7-8-18-19(11-14)32-13-31-18)25(24(28)23(20)27)12-17-6-3-9-30-17/h2,4-5,7-8,10-11,17,21,26H,3,6,9,12-13H2,1H3/t17-,21-/m1/s1. The highest BCUT2D eigenvalue weighted by Crippen LogP contribution is 2.43. The van der Waals surface area contributed by atoms with Gasteiger partial charge in [-0.1, -0.05) is 18.2 Å². The highest BCUT2D eigenvalue weighted by molar-refractivity contribution is 6.46. The van der Waals surface area contributed by atoms with Crippen molar-refractivity contribution in [2.45, 2.75) is 25.0 Å². The van der Waals surface area contributed by atoms with Crippen LogP contribution in [-0.2, 0) is 14.3 Å². The molecule has 1 N–H and O–H groups in total. The molecule has 0 aliphatic carbocycles. The molecule has 8 heteroatoms. The summed E-state index contributed by atoms with van der Waals surface area (Å²) in [5.41, 5.74) is 1.07. The van der Waals surface area contributed by atoms with E-state index < -0.39 is 17.7 Å². The van der Waals surface area contributed by atoms with Crippen LogP contribution in [0.4, 0.5) is 0 Å². The molecular formula is C24H23NO7. The van der Waals surface area contributed by atoms with E-state index in [1.54, 1.807) is 42.5 Å². The zero-order chi connectivity index (χ0) is 22.2. The van der Waals surface area contributed by atoms with E-state index in [2.05, 4.69) is 0 Å². The third kappa shape index (κ3) is 3.46. The summed E-state index contributed by atoms with van der Waals surface area (Å²) in [4.78, 5) is 27.7. The van der Waals surface area contributed by atoms with Crippen LogP contribution in [0, 0.1) is 0 Å². The molecule has 1 amide bonds. The van der Waals surface area contributed by atoms with Crippen LogP contribution < -0.4 is 14.2 Å². The van der Waals surface area contributed by atoms with Gasteiger partial charge in [0.05, 0.1) is 24.8 Å². The molecule has 0 spiro atoms. The monoisotopic (exact) mass is 437 g/mol. The Morgan fingerprint density at radius 1 is 1.16 bits per heavy atom. The van der Waals surface area contributed by atoms with Gasteiger partial charge in [-0.15, -0.1) is 0 Å². The molecule has 5 rings (SSSR count). The van der Waals surface area contributed by atoms with Gasteiger partial charge in [-0.25, -0.2) is 0 Å². The van der Waals surface area contributed by atoms with Gasteiger partial charge in [-0.2, -0.15) is 0 Å². The van der Waals surface area contributed by atoms with E-state index in [0.717, 1.165) is 12.8 Å². The zero-order valence-corrected chi connectivity index (χ0v) is 17.6. The number of methoxy groups -OCH3 is 1. The van der Waals surface area contributed by atoms with E-state index in [9.17, 15) is 14.7 Å². The molecule has 32 heavy (non-hydrogen) atoms. The molecule has 0 saturated carbocycles. The van der Waals surface area contributed by atoms with Gasteiger partial charge < -0.3 is 29.0 Å². The average molecular weight is 437 g/mol. The molecular weight excluding hydrogens is 414 g/mol. The molecule has 2 atom stereocenters. The van der Waals surface area contributed by atoms with E-state index in [4.69, 9.17) is 18.9 Å². The Morgan fingerprint density at radius 3 is 2.78 bits per heavy atom. The van der Waals surface area contributed by atoms with Crippen molar-refractivity contribution < 1.29 is 33.6 Å². The molecule has 8 nitrogen and oxygen atoms in total. The number of aliphatic hydroxyl groups excluding tert-OH is 1. The van der Waals surface area contributed by atoms with E-state index in [1.807, 2.05) is 0 Å². The fourth-order valence-corrected chi connectivity index (χ4v) is 4.43. The number of likely N-dealkylation sites (tertiary alicyclic amines) is 1. The van der Waals surface area contributed by atoms with Crippen LogP contribution in [0.25, 0.3) is 5.76 Å². The molecule has 2 fully saturated rings. The second-order valence-electron chi connectivity index (χ2n) is 7.93. The predicted molar refractivity (Wildman–Crippen MR) is 114 cm³/mol. The zero-order valence-electron chi connectivity index (χ0n) is 17.6. The number of ether oxygens (including phenoxy) is 4. The molecule has 2 aromatic carbocycles. The van der Waals surface area contributed by atoms with Gasteiger partial charge in [0, 0.05) is 18.7 Å². The lowest BCUT2D eigenvalue weighted by atomic mass is 9.94. The number of ketones is 1. The minimum absolute atomic E-state index is 0.0279. The molecule has 3 aliphatic heterocycles. The summed E-state index contributed by atoms with van der Waals surface area (Å²) in [7, 11) is 1.52. The topological polar surface area (TPSA) is 94.5 Å². The Morgan fingerprint density at radius 2 is 2.00 bits per heavy atom. The highest BCUT2D eigenvalue weighted by Gasteiger charge is 2.47. The lowest BCUT2D eigenvalue weighted by molar-refractivity contribution is -0.140. The van der Waals surface area contributed by atoms with Gasteiger partial charge in [0.25, 0.3) is 11.7 Å². The molecule has 2 saturated heterocycles. The third-order valence-electron chi connectivity index (χ3n) is 6.02. The smallest absolute Gasteiger partial charge is 0.295 e. The fraction of sp³-hybridized carbons (Fsp3) is 0.333. The van der Waals surface area contributed by atoms with Crippen LogP contribution in [0.1, 0.15) is 30.0 Å². The quantitative estimate of drug-likeness (QED) is 0.437. The number of nitrogens with zero attached hydrogens (tertiary/aromatic N) is 1. The lowest BCUT2D eigenvalue weighted by Gasteiger charge is -2.27. The molecule has 0 radical (unpaired) electrons. The van der Waals surface area contributed by atoms with Gasteiger partial charge >= 0.3 is 0 Å². The summed E-state index contributed by atoms with van der Waals surface area (Å²) < 4.78 is 21.9. The third-order valence-corrected chi connectivity index (χ3v) is 6.02. The van der Waals surface area contributed by atoms with Crippen molar-refractivity contribution in [2.75, 3.05) is 27.1 Å². The summed E-state index contributed by atoms with van der Waals surface area (Å²) in [6.45, 7) is 1.00. The summed E-state index contributed by atoms with van der Waals surface area (Å²) in [6, 6.07) is 11.2. The first-order chi connectivity index (χ1) is 15.6. The number of carbonyl (C=O) groups excluding carboxylic acids is 2. The molecule has 166 valence electrons. The van der Waals surface area contributed by atoms with Crippen molar-refractivity contribution in [2.24, 2.45) is 0 Å². The largest absolute Gasteiger partial charge is 0.507 e. The Balaban J connectivity index is 1.62. The Hall–Kier alpha value is -3.52. The first-order valence-corrected chi connectivity index (χ1v) is 10.5. The fourth-order valence-electron chi connectivity index (χ4n) is 4.43. The number of aliphatic hydroxyl groups is 1. The first kappa shape index (κ1) is 20.4. The Kier molecular flexibility index (Phi) is 5.22. The minimum atomic E-state index is -0.778.